The molecular weight excluding hydrogens is 412 g/mol. The predicted molar refractivity (Wildman–Crippen MR) is 132 cm³/mol. The molecule has 2 aromatic rings. The molecule has 4 N–H and O–H groups in total. The van der Waals surface area contributed by atoms with Crippen LogP contribution in [0.4, 0.5) is 11.5 Å². The summed E-state index contributed by atoms with van der Waals surface area (Å²) in [7, 11) is 0. The molecule has 172 valence electrons. The maximum absolute atomic E-state index is 11.0. The molecule has 2 fully saturated rings. The van der Waals surface area contributed by atoms with E-state index in [-0.39, 0.29) is 0 Å². The summed E-state index contributed by atoms with van der Waals surface area (Å²) >= 11 is 0. The summed E-state index contributed by atoms with van der Waals surface area (Å²) < 4.78 is 0. The number of nitrogens with two attached hydrogens (primary N) is 1. The van der Waals surface area contributed by atoms with Gasteiger partial charge in [-0.15, -0.1) is 0 Å². The maximum Gasteiger partial charge on any atom is 0.241 e. The number of primary amides is 1. The second-order valence-electron chi connectivity index (χ2n) is 8.96. The minimum atomic E-state index is -0.458. The van der Waals surface area contributed by atoms with Gasteiger partial charge < -0.3 is 21.3 Å². The zero-order chi connectivity index (χ0) is 23.0. The molecule has 1 amide bonds. The zero-order valence-corrected chi connectivity index (χ0v) is 18.9. The monoisotopic (exact) mass is 444 g/mol. The van der Waals surface area contributed by atoms with Crippen LogP contribution in [-0.4, -0.2) is 42.1 Å². The smallest absolute Gasteiger partial charge is 0.241 e. The number of anilines is 2. The Bertz CT molecular complexity index is 1010. The molecule has 1 aliphatic heterocycles. The molecule has 2 aliphatic rings. The summed E-state index contributed by atoms with van der Waals surface area (Å²) in [5.41, 5.74) is 8.00. The average Bonchev–Trinajstić information content (AvgIpc) is 2.84. The van der Waals surface area contributed by atoms with Crippen LogP contribution in [0.15, 0.2) is 48.7 Å². The van der Waals surface area contributed by atoms with Crippen molar-refractivity contribution in [3.8, 4) is 6.07 Å². The van der Waals surface area contributed by atoms with E-state index in [1.807, 2.05) is 24.3 Å². The minimum absolute atomic E-state index is 0.312. The van der Waals surface area contributed by atoms with Crippen molar-refractivity contribution in [3.05, 3.63) is 59.8 Å². The normalized spacial score (nSPS) is 23.2. The van der Waals surface area contributed by atoms with Crippen molar-refractivity contribution in [1.82, 2.24) is 10.3 Å². The van der Waals surface area contributed by atoms with Crippen molar-refractivity contribution in [2.45, 2.75) is 56.7 Å². The first-order chi connectivity index (χ1) is 16.1. The van der Waals surface area contributed by atoms with Gasteiger partial charge in [0.1, 0.15) is 5.82 Å². The highest BCUT2D eigenvalue weighted by Gasteiger charge is 2.29. The van der Waals surface area contributed by atoms with Gasteiger partial charge in [-0.2, -0.15) is 5.26 Å². The first-order valence-electron chi connectivity index (χ1n) is 11.8. The van der Waals surface area contributed by atoms with E-state index in [4.69, 9.17) is 11.0 Å². The van der Waals surface area contributed by atoms with Crippen molar-refractivity contribution in [1.29, 1.82) is 5.26 Å². The Morgan fingerprint density at radius 3 is 2.67 bits per heavy atom. The highest BCUT2D eigenvalue weighted by molar-refractivity contribution is 5.90. The van der Waals surface area contributed by atoms with E-state index in [9.17, 15) is 4.79 Å². The molecule has 2 heterocycles. The molecule has 4 rings (SSSR count). The lowest BCUT2D eigenvalue weighted by Gasteiger charge is -2.40. The molecule has 33 heavy (non-hydrogen) atoms. The third-order valence-electron chi connectivity index (χ3n) is 6.56. The zero-order valence-electron chi connectivity index (χ0n) is 18.9. The number of aromatic nitrogens is 1. The first-order valence-corrected chi connectivity index (χ1v) is 11.8. The number of piperidine rings is 1. The lowest BCUT2D eigenvalue weighted by Crippen LogP contribution is -2.55. The number of hydrogen-bond acceptors (Lipinski definition) is 6. The Labute approximate surface area is 195 Å². The second kappa shape index (κ2) is 11.0. The molecule has 1 saturated carbocycles. The standard InChI is InChI=1S/C26H32N6O/c27-17-20-7-10-22(11-8-20)32-15-3-4-21(18-32)30-23-5-1-2-6-24(23)31-26-16-19(13-14-29-26)9-12-25(28)33/h7-14,16,21,23-24,30H,1-6,15,18H2,(H2,28,33)(H,29,31)/t21-,23+,24+/m0/s1. The van der Waals surface area contributed by atoms with Crippen molar-refractivity contribution in [2.75, 3.05) is 23.3 Å². The van der Waals surface area contributed by atoms with Crippen molar-refractivity contribution in [2.24, 2.45) is 5.73 Å². The lowest BCUT2D eigenvalue weighted by atomic mass is 9.89. The summed E-state index contributed by atoms with van der Waals surface area (Å²) in [6, 6.07) is 15.0. The maximum atomic E-state index is 11.0. The fourth-order valence-electron chi connectivity index (χ4n) is 4.90. The Balaban J connectivity index is 1.38. The van der Waals surface area contributed by atoms with E-state index < -0.39 is 5.91 Å². The number of rotatable bonds is 7. The summed E-state index contributed by atoms with van der Waals surface area (Å²) in [5.74, 6) is 0.364. The second-order valence-corrected chi connectivity index (χ2v) is 8.96. The van der Waals surface area contributed by atoms with Crippen LogP contribution in [0, 0.1) is 11.3 Å². The van der Waals surface area contributed by atoms with Crippen LogP contribution >= 0.6 is 0 Å². The third-order valence-corrected chi connectivity index (χ3v) is 6.56. The van der Waals surface area contributed by atoms with Gasteiger partial charge in [0.15, 0.2) is 0 Å². The summed E-state index contributed by atoms with van der Waals surface area (Å²) in [6.07, 6.45) is 11.8. The van der Waals surface area contributed by atoms with E-state index in [1.54, 1.807) is 12.3 Å². The molecule has 0 radical (unpaired) electrons. The summed E-state index contributed by atoms with van der Waals surface area (Å²) in [6.45, 7) is 2.02. The number of nitrogens with one attached hydrogen (secondary N) is 2. The van der Waals surface area contributed by atoms with Gasteiger partial charge in [0.2, 0.25) is 5.91 Å². The lowest BCUT2D eigenvalue weighted by molar-refractivity contribution is -0.113. The van der Waals surface area contributed by atoms with E-state index >= 15 is 0 Å². The van der Waals surface area contributed by atoms with Crippen LogP contribution in [0.25, 0.3) is 6.08 Å². The van der Waals surface area contributed by atoms with Crippen LogP contribution < -0.4 is 21.3 Å². The van der Waals surface area contributed by atoms with E-state index in [2.05, 4.69) is 38.7 Å². The largest absolute Gasteiger partial charge is 0.370 e. The van der Waals surface area contributed by atoms with E-state index in [0.717, 1.165) is 43.7 Å². The van der Waals surface area contributed by atoms with Gasteiger partial charge in [0.05, 0.1) is 11.6 Å². The number of hydrogen-bond donors (Lipinski definition) is 3. The van der Waals surface area contributed by atoms with Crippen LogP contribution in [-0.2, 0) is 4.79 Å². The highest BCUT2D eigenvalue weighted by atomic mass is 16.1. The summed E-state index contributed by atoms with van der Waals surface area (Å²) in [4.78, 5) is 17.9. The van der Waals surface area contributed by atoms with Gasteiger partial charge in [-0.3, -0.25) is 4.79 Å². The molecule has 1 aliphatic carbocycles. The molecule has 1 saturated heterocycles. The predicted octanol–water partition coefficient (Wildman–Crippen LogP) is 3.43. The SMILES string of the molecule is N#Cc1ccc(N2CCC[C@H](N[C@@H]3CCCC[C@H]3Nc3cc(C=CC(N)=O)ccn3)C2)cc1. The molecule has 7 nitrogen and oxygen atoms in total. The molecule has 3 atom stereocenters. The van der Waals surface area contributed by atoms with Gasteiger partial charge >= 0.3 is 0 Å². The number of benzene rings is 1. The van der Waals surface area contributed by atoms with E-state index in [0.29, 0.717) is 23.7 Å². The van der Waals surface area contributed by atoms with Gasteiger partial charge in [-0.05, 0) is 73.7 Å². The number of amides is 1. The topological polar surface area (TPSA) is 107 Å². The van der Waals surface area contributed by atoms with Crippen molar-refractivity contribution in [3.63, 3.8) is 0 Å². The molecule has 1 aromatic carbocycles. The Morgan fingerprint density at radius 2 is 1.91 bits per heavy atom. The average molecular weight is 445 g/mol. The highest BCUT2D eigenvalue weighted by Crippen LogP contribution is 2.25. The van der Waals surface area contributed by atoms with Gasteiger partial charge in [-0.1, -0.05) is 12.8 Å². The molecule has 1 aromatic heterocycles. The molecule has 0 bridgehead atoms. The van der Waals surface area contributed by atoms with Crippen LogP contribution in [0.1, 0.15) is 49.7 Å². The number of nitriles is 1. The van der Waals surface area contributed by atoms with Crippen molar-refractivity contribution >= 4 is 23.5 Å². The molecule has 0 spiro atoms. The number of carbonyl (C=O) groups is 1. The van der Waals surface area contributed by atoms with Crippen LogP contribution in [0.3, 0.4) is 0 Å². The fourth-order valence-corrected chi connectivity index (χ4v) is 4.90. The van der Waals surface area contributed by atoms with Gasteiger partial charge in [0.25, 0.3) is 0 Å². The number of carbonyl (C=O) groups excluding carboxylic acids is 1. The summed E-state index contributed by atoms with van der Waals surface area (Å²) in [5, 5.41) is 16.6. The Morgan fingerprint density at radius 1 is 1.12 bits per heavy atom. The molecular formula is C26H32N6O. The van der Waals surface area contributed by atoms with Gasteiger partial charge in [0, 0.05) is 49.2 Å². The van der Waals surface area contributed by atoms with Crippen LogP contribution in [0.5, 0.6) is 0 Å². The van der Waals surface area contributed by atoms with Crippen LogP contribution in [0.2, 0.25) is 0 Å². The molecule has 0 unspecified atom stereocenters. The minimum Gasteiger partial charge on any atom is -0.370 e. The number of pyridine rings is 1. The first kappa shape index (κ1) is 22.8. The fraction of sp³-hybridized carbons (Fsp3) is 0.423. The molecule has 7 heteroatoms. The third kappa shape index (κ3) is 6.33. The van der Waals surface area contributed by atoms with E-state index in [1.165, 1.54) is 31.0 Å². The van der Waals surface area contributed by atoms with Gasteiger partial charge in [-0.25, -0.2) is 4.98 Å². The Kier molecular flexibility index (Phi) is 7.59. The number of nitrogens with zero attached hydrogens (tertiary/aromatic N) is 3. The van der Waals surface area contributed by atoms with Crippen molar-refractivity contribution < 1.29 is 4.79 Å². The quantitative estimate of drug-likeness (QED) is 0.565. The Hall–Kier alpha value is -3.37.